The lowest BCUT2D eigenvalue weighted by molar-refractivity contribution is -0.203. The van der Waals surface area contributed by atoms with Crippen molar-refractivity contribution in [1.82, 2.24) is 9.80 Å². The van der Waals surface area contributed by atoms with Crippen molar-refractivity contribution in [3.05, 3.63) is 59.2 Å². The van der Waals surface area contributed by atoms with E-state index < -0.39 is 11.0 Å². The lowest BCUT2D eigenvalue weighted by Gasteiger charge is -2.65. The Morgan fingerprint density at radius 3 is 2.63 bits per heavy atom. The SMILES string of the molecule is CC(C)N(Cc1ccccc1)[C@@H]1CC[C@@]2(O)[C@H]3Cc4ccc(O)c5c4[C@@]2(CCN3CC2CC2)[C@H]1O5. The highest BCUT2D eigenvalue weighted by Crippen LogP contribution is 2.66. The Kier molecular flexibility index (Phi) is 4.88. The van der Waals surface area contributed by atoms with Gasteiger partial charge in [-0.05, 0) is 82.0 Å². The van der Waals surface area contributed by atoms with Gasteiger partial charge in [0.2, 0.25) is 0 Å². The maximum absolute atomic E-state index is 12.7. The van der Waals surface area contributed by atoms with Crippen molar-refractivity contribution in [3.8, 4) is 11.5 Å². The molecule has 2 heterocycles. The lowest BCUT2D eigenvalue weighted by atomic mass is 9.48. The molecule has 2 saturated carbocycles. The molecule has 1 saturated heterocycles. The number of phenolic OH excluding ortho intramolecular Hbond substituents is 1. The zero-order valence-corrected chi connectivity index (χ0v) is 21.0. The fourth-order valence-electron chi connectivity index (χ4n) is 8.27. The molecule has 35 heavy (non-hydrogen) atoms. The zero-order valence-electron chi connectivity index (χ0n) is 21.0. The van der Waals surface area contributed by atoms with Crippen LogP contribution in [0.25, 0.3) is 0 Å². The Labute approximate surface area is 208 Å². The molecule has 2 bridgehead atoms. The number of hydrogen-bond donors (Lipinski definition) is 2. The van der Waals surface area contributed by atoms with Crippen LogP contribution in [0.5, 0.6) is 11.5 Å². The summed E-state index contributed by atoms with van der Waals surface area (Å²) in [6.45, 7) is 7.53. The van der Waals surface area contributed by atoms with E-state index in [1.54, 1.807) is 0 Å². The topological polar surface area (TPSA) is 56.2 Å². The van der Waals surface area contributed by atoms with E-state index in [1.807, 2.05) is 6.07 Å². The summed E-state index contributed by atoms with van der Waals surface area (Å²) >= 11 is 0. The molecule has 1 spiro atoms. The highest BCUT2D eigenvalue weighted by molar-refractivity contribution is 5.62. The molecule has 0 amide bonds. The zero-order chi connectivity index (χ0) is 23.9. The second-order valence-electron chi connectivity index (χ2n) is 12.1. The molecule has 5 atom stereocenters. The van der Waals surface area contributed by atoms with Gasteiger partial charge in [-0.15, -0.1) is 0 Å². The summed E-state index contributed by atoms with van der Waals surface area (Å²) in [7, 11) is 0. The second kappa shape index (κ2) is 7.71. The first kappa shape index (κ1) is 22.1. The molecular formula is C30H38N2O3. The normalized spacial score (nSPS) is 35.3. The van der Waals surface area contributed by atoms with E-state index in [2.05, 4.69) is 60.0 Å². The van der Waals surface area contributed by atoms with Crippen LogP contribution in [0.1, 0.15) is 62.6 Å². The monoisotopic (exact) mass is 474 g/mol. The summed E-state index contributed by atoms with van der Waals surface area (Å²) in [6.07, 6.45) is 5.96. The van der Waals surface area contributed by atoms with Crippen LogP contribution in [-0.4, -0.2) is 62.9 Å². The third-order valence-electron chi connectivity index (χ3n) is 10.0. The Balaban J connectivity index is 1.33. The van der Waals surface area contributed by atoms with E-state index in [-0.39, 0.29) is 23.9 Å². The van der Waals surface area contributed by atoms with Gasteiger partial charge in [-0.2, -0.15) is 0 Å². The average Bonchev–Trinajstić information content (AvgIpc) is 3.59. The number of hydrogen-bond acceptors (Lipinski definition) is 5. The molecule has 2 N–H and O–H groups in total. The summed E-state index contributed by atoms with van der Waals surface area (Å²) in [5.74, 6) is 1.68. The largest absolute Gasteiger partial charge is 0.504 e. The van der Waals surface area contributed by atoms with Gasteiger partial charge in [-0.25, -0.2) is 0 Å². The molecule has 0 unspecified atom stereocenters. The highest BCUT2D eigenvalue weighted by Gasteiger charge is 2.73. The van der Waals surface area contributed by atoms with E-state index in [0.29, 0.717) is 11.8 Å². The van der Waals surface area contributed by atoms with Crippen LogP contribution in [0.15, 0.2) is 42.5 Å². The van der Waals surface area contributed by atoms with E-state index in [0.717, 1.165) is 56.8 Å². The first-order valence-electron chi connectivity index (χ1n) is 13.7. The summed E-state index contributed by atoms with van der Waals surface area (Å²) in [5.41, 5.74) is 2.43. The maximum atomic E-state index is 12.7. The molecule has 5 nitrogen and oxygen atoms in total. The average molecular weight is 475 g/mol. The van der Waals surface area contributed by atoms with Crippen molar-refractivity contribution < 1.29 is 14.9 Å². The van der Waals surface area contributed by atoms with Gasteiger partial charge in [0.15, 0.2) is 11.5 Å². The van der Waals surface area contributed by atoms with Crippen molar-refractivity contribution in [3.63, 3.8) is 0 Å². The third-order valence-corrected chi connectivity index (χ3v) is 10.0. The fraction of sp³-hybridized carbons (Fsp3) is 0.600. The number of ether oxygens (including phenoxy) is 1. The number of nitrogens with zero attached hydrogens (tertiary/aromatic N) is 2. The number of phenols is 1. The molecule has 186 valence electrons. The van der Waals surface area contributed by atoms with Crippen molar-refractivity contribution in [2.45, 2.75) is 94.2 Å². The minimum absolute atomic E-state index is 0.133. The van der Waals surface area contributed by atoms with Crippen molar-refractivity contribution in [1.29, 1.82) is 0 Å². The van der Waals surface area contributed by atoms with Gasteiger partial charge in [-0.1, -0.05) is 36.4 Å². The number of aliphatic hydroxyl groups is 1. The van der Waals surface area contributed by atoms with Crippen LogP contribution < -0.4 is 4.74 Å². The van der Waals surface area contributed by atoms with Gasteiger partial charge in [0.25, 0.3) is 0 Å². The molecular weight excluding hydrogens is 436 g/mol. The quantitative estimate of drug-likeness (QED) is 0.656. The number of rotatable bonds is 6. The molecule has 3 fully saturated rings. The standard InChI is InChI=1S/C30H38N2O3/c1-19(2)32(18-20-6-4-3-5-7-20)23-12-13-30(34)25-16-22-10-11-24(33)27-26(22)29(30,28(23)35-27)14-15-31(25)17-21-8-9-21/h3-7,10-11,19,21,23,25,28,33-34H,8-9,12-18H2,1-2H3/t23-,25-,28+,29+,30-/m1/s1. The van der Waals surface area contributed by atoms with Crippen LogP contribution in [0.3, 0.4) is 0 Å². The maximum Gasteiger partial charge on any atom is 0.165 e. The van der Waals surface area contributed by atoms with Gasteiger partial charge < -0.3 is 14.9 Å². The minimum Gasteiger partial charge on any atom is -0.504 e. The van der Waals surface area contributed by atoms with Crippen LogP contribution >= 0.6 is 0 Å². The van der Waals surface area contributed by atoms with Crippen LogP contribution in [0, 0.1) is 5.92 Å². The van der Waals surface area contributed by atoms with E-state index in [1.165, 1.54) is 24.0 Å². The Morgan fingerprint density at radius 2 is 1.89 bits per heavy atom. The molecule has 3 aliphatic carbocycles. The molecule has 0 radical (unpaired) electrons. The highest BCUT2D eigenvalue weighted by atomic mass is 16.5. The number of likely N-dealkylation sites (tertiary alicyclic amines) is 1. The van der Waals surface area contributed by atoms with Gasteiger partial charge in [-0.3, -0.25) is 9.80 Å². The summed E-state index contributed by atoms with van der Waals surface area (Å²) in [4.78, 5) is 5.19. The molecule has 0 aromatic heterocycles. The molecule has 2 aromatic carbocycles. The molecule has 2 aromatic rings. The van der Waals surface area contributed by atoms with Gasteiger partial charge >= 0.3 is 0 Å². The number of aromatic hydroxyl groups is 1. The summed E-state index contributed by atoms with van der Waals surface area (Å²) in [6, 6.07) is 15.3. The van der Waals surface area contributed by atoms with Crippen molar-refractivity contribution in [2.75, 3.05) is 13.1 Å². The van der Waals surface area contributed by atoms with E-state index in [4.69, 9.17) is 4.74 Å². The summed E-state index contributed by atoms with van der Waals surface area (Å²) in [5, 5.41) is 23.6. The van der Waals surface area contributed by atoms with E-state index in [9.17, 15) is 10.2 Å². The van der Waals surface area contributed by atoms with Crippen molar-refractivity contribution >= 4 is 0 Å². The first-order chi connectivity index (χ1) is 16.9. The smallest absolute Gasteiger partial charge is 0.165 e. The van der Waals surface area contributed by atoms with E-state index >= 15 is 0 Å². The van der Waals surface area contributed by atoms with Crippen LogP contribution in [0.4, 0.5) is 0 Å². The summed E-state index contributed by atoms with van der Waals surface area (Å²) < 4.78 is 6.81. The van der Waals surface area contributed by atoms with Crippen LogP contribution in [-0.2, 0) is 18.4 Å². The Bertz CT molecular complexity index is 1130. The minimum atomic E-state index is -0.817. The fourth-order valence-corrected chi connectivity index (χ4v) is 8.27. The van der Waals surface area contributed by atoms with Gasteiger partial charge in [0.05, 0.1) is 11.0 Å². The van der Waals surface area contributed by atoms with Crippen molar-refractivity contribution in [2.24, 2.45) is 5.92 Å². The first-order valence-corrected chi connectivity index (χ1v) is 13.7. The molecule has 5 heteroatoms. The molecule has 5 aliphatic rings. The Morgan fingerprint density at radius 1 is 1.09 bits per heavy atom. The van der Waals surface area contributed by atoms with Crippen LogP contribution in [0.2, 0.25) is 0 Å². The lowest BCUT2D eigenvalue weighted by Crippen LogP contribution is -2.78. The predicted octanol–water partition coefficient (Wildman–Crippen LogP) is 4.24. The third kappa shape index (κ3) is 3.04. The Hall–Kier alpha value is -2.08. The number of piperidine rings is 1. The second-order valence-corrected chi connectivity index (χ2v) is 12.1. The number of benzene rings is 2. The molecule has 7 rings (SSSR count). The van der Waals surface area contributed by atoms with Gasteiger partial charge in [0.1, 0.15) is 6.10 Å². The van der Waals surface area contributed by atoms with Gasteiger partial charge in [0, 0.05) is 36.8 Å². The molecule has 2 aliphatic heterocycles. The predicted molar refractivity (Wildman–Crippen MR) is 136 cm³/mol.